The summed E-state index contributed by atoms with van der Waals surface area (Å²) in [5.41, 5.74) is 0. The highest BCUT2D eigenvalue weighted by Crippen LogP contribution is 2.37. The first-order valence-electron chi connectivity index (χ1n) is 7.92. The average Bonchev–Trinajstić information content (AvgIpc) is 3.00. The molecule has 1 saturated heterocycles. The van der Waals surface area contributed by atoms with Crippen LogP contribution < -0.4 is 16.0 Å². The molecule has 2 aliphatic rings. The van der Waals surface area contributed by atoms with Gasteiger partial charge in [-0.2, -0.15) is 0 Å². The molecule has 2 fully saturated rings. The highest BCUT2D eigenvalue weighted by atomic mass is 16.2. The lowest BCUT2D eigenvalue weighted by Gasteiger charge is -2.18. The Bertz CT molecular complexity index is 359. The Morgan fingerprint density at radius 3 is 2.90 bits per heavy atom. The number of carbonyl (C=O) groups excluding carboxylic acids is 2. The van der Waals surface area contributed by atoms with Gasteiger partial charge in [-0.1, -0.05) is 13.3 Å². The first kappa shape index (κ1) is 15.3. The van der Waals surface area contributed by atoms with E-state index in [1.165, 1.54) is 12.8 Å². The number of hydrogen-bond donors (Lipinski definition) is 3. The van der Waals surface area contributed by atoms with Crippen molar-refractivity contribution in [3.8, 4) is 0 Å². The second-order valence-electron chi connectivity index (χ2n) is 6.16. The highest BCUT2D eigenvalue weighted by molar-refractivity contribution is 5.83. The summed E-state index contributed by atoms with van der Waals surface area (Å²) in [5.74, 6) is 1.26. The SMILES string of the molecule is CCC(C)NC(=O)CCNC(=O)C1NCC2CCCC21. The Kier molecular flexibility index (Phi) is 5.40. The average molecular weight is 281 g/mol. The number of amides is 2. The van der Waals surface area contributed by atoms with Gasteiger partial charge in [-0.25, -0.2) is 0 Å². The predicted molar refractivity (Wildman–Crippen MR) is 78.1 cm³/mol. The molecule has 4 atom stereocenters. The van der Waals surface area contributed by atoms with Crippen LogP contribution in [0.5, 0.6) is 0 Å². The minimum absolute atomic E-state index is 0.0118. The van der Waals surface area contributed by atoms with Gasteiger partial charge >= 0.3 is 0 Å². The Hall–Kier alpha value is -1.10. The fourth-order valence-corrected chi connectivity index (χ4v) is 3.33. The van der Waals surface area contributed by atoms with Crippen LogP contribution in [-0.4, -0.2) is 37.0 Å². The van der Waals surface area contributed by atoms with Crippen LogP contribution in [0, 0.1) is 11.8 Å². The summed E-state index contributed by atoms with van der Waals surface area (Å²) in [6, 6.07) is 0.161. The summed E-state index contributed by atoms with van der Waals surface area (Å²) in [4.78, 5) is 23.8. The summed E-state index contributed by atoms with van der Waals surface area (Å²) in [6.45, 7) is 5.42. The van der Waals surface area contributed by atoms with Crippen molar-refractivity contribution in [2.24, 2.45) is 11.8 Å². The zero-order chi connectivity index (χ0) is 14.5. The van der Waals surface area contributed by atoms with Crippen LogP contribution in [0.15, 0.2) is 0 Å². The molecule has 0 aromatic carbocycles. The summed E-state index contributed by atoms with van der Waals surface area (Å²) < 4.78 is 0. The fourth-order valence-electron chi connectivity index (χ4n) is 3.33. The normalized spacial score (nSPS) is 29.8. The standard InChI is InChI=1S/C15H27N3O2/c1-3-10(2)18-13(19)7-8-16-15(20)14-12-6-4-5-11(12)9-17-14/h10-12,14,17H,3-9H2,1-2H3,(H,16,20)(H,18,19). The molecule has 1 aliphatic carbocycles. The quantitative estimate of drug-likeness (QED) is 0.674. The minimum Gasteiger partial charge on any atom is -0.354 e. The van der Waals surface area contributed by atoms with Crippen molar-refractivity contribution in [2.75, 3.05) is 13.1 Å². The molecule has 2 rings (SSSR count). The maximum absolute atomic E-state index is 12.1. The number of carbonyl (C=O) groups is 2. The maximum Gasteiger partial charge on any atom is 0.237 e. The van der Waals surface area contributed by atoms with Gasteiger partial charge in [0, 0.05) is 19.0 Å². The van der Waals surface area contributed by atoms with E-state index in [-0.39, 0.29) is 23.9 Å². The van der Waals surface area contributed by atoms with Crippen molar-refractivity contribution < 1.29 is 9.59 Å². The van der Waals surface area contributed by atoms with Crippen LogP contribution in [0.3, 0.4) is 0 Å². The summed E-state index contributed by atoms with van der Waals surface area (Å²) in [5, 5.41) is 9.13. The third-order valence-electron chi connectivity index (χ3n) is 4.70. The first-order valence-corrected chi connectivity index (χ1v) is 7.92. The molecule has 1 heterocycles. The molecule has 2 amide bonds. The lowest BCUT2D eigenvalue weighted by molar-refractivity contribution is -0.124. The number of nitrogens with one attached hydrogen (secondary N) is 3. The van der Waals surface area contributed by atoms with Gasteiger partial charge in [0.15, 0.2) is 0 Å². The van der Waals surface area contributed by atoms with E-state index in [4.69, 9.17) is 0 Å². The fraction of sp³-hybridized carbons (Fsp3) is 0.867. The van der Waals surface area contributed by atoms with E-state index >= 15 is 0 Å². The molecule has 1 saturated carbocycles. The monoisotopic (exact) mass is 281 g/mol. The van der Waals surface area contributed by atoms with E-state index < -0.39 is 0 Å². The molecule has 5 nitrogen and oxygen atoms in total. The van der Waals surface area contributed by atoms with Gasteiger partial charge in [0.1, 0.15) is 0 Å². The van der Waals surface area contributed by atoms with E-state index in [1.54, 1.807) is 0 Å². The van der Waals surface area contributed by atoms with Crippen LogP contribution in [0.4, 0.5) is 0 Å². The number of rotatable bonds is 6. The summed E-state index contributed by atoms with van der Waals surface area (Å²) in [6.07, 6.45) is 4.94. The van der Waals surface area contributed by atoms with E-state index in [1.807, 2.05) is 13.8 Å². The second-order valence-corrected chi connectivity index (χ2v) is 6.16. The van der Waals surface area contributed by atoms with E-state index in [9.17, 15) is 9.59 Å². The first-order chi connectivity index (χ1) is 9.61. The molecule has 0 aromatic heterocycles. The van der Waals surface area contributed by atoms with Crippen LogP contribution in [0.2, 0.25) is 0 Å². The van der Waals surface area contributed by atoms with Crippen LogP contribution in [0.25, 0.3) is 0 Å². The van der Waals surface area contributed by atoms with Gasteiger partial charge in [0.05, 0.1) is 6.04 Å². The molecule has 3 N–H and O–H groups in total. The van der Waals surface area contributed by atoms with Crippen LogP contribution >= 0.6 is 0 Å². The van der Waals surface area contributed by atoms with Crippen LogP contribution in [-0.2, 0) is 9.59 Å². The Labute approximate surface area is 121 Å². The number of fused-ring (bicyclic) bond motifs is 1. The summed E-state index contributed by atoms with van der Waals surface area (Å²) >= 11 is 0. The van der Waals surface area contributed by atoms with Crippen LogP contribution in [0.1, 0.15) is 46.0 Å². The molecule has 20 heavy (non-hydrogen) atoms. The van der Waals surface area contributed by atoms with Crippen molar-refractivity contribution >= 4 is 11.8 Å². The molecule has 114 valence electrons. The highest BCUT2D eigenvalue weighted by Gasteiger charge is 2.42. The lowest BCUT2D eigenvalue weighted by atomic mass is 9.93. The Morgan fingerprint density at radius 1 is 1.35 bits per heavy atom. The predicted octanol–water partition coefficient (Wildman–Crippen LogP) is 0.796. The molecule has 0 aromatic rings. The van der Waals surface area contributed by atoms with Crippen molar-refractivity contribution in [1.29, 1.82) is 0 Å². The summed E-state index contributed by atoms with van der Waals surface area (Å²) in [7, 11) is 0. The molecule has 0 radical (unpaired) electrons. The van der Waals surface area contributed by atoms with E-state index in [0.29, 0.717) is 24.8 Å². The van der Waals surface area contributed by atoms with E-state index in [2.05, 4.69) is 16.0 Å². The zero-order valence-corrected chi connectivity index (χ0v) is 12.6. The lowest BCUT2D eigenvalue weighted by Crippen LogP contribution is -2.45. The molecule has 4 unspecified atom stereocenters. The van der Waals surface area contributed by atoms with Gasteiger partial charge in [-0.15, -0.1) is 0 Å². The molecular formula is C15H27N3O2. The zero-order valence-electron chi connectivity index (χ0n) is 12.6. The van der Waals surface area contributed by atoms with Crippen molar-refractivity contribution in [2.45, 2.75) is 58.0 Å². The molecule has 0 bridgehead atoms. The molecule has 1 aliphatic heterocycles. The van der Waals surface area contributed by atoms with Gasteiger partial charge in [0.25, 0.3) is 0 Å². The Balaban J connectivity index is 1.66. The molecule has 5 heteroatoms. The largest absolute Gasteiger partial charge is 0.354 e. The van der Waals surface area contributed by atoms with E-state index in [0.717, 1.165) is 19.4 Å². The van der Waals surface area contributed by atoms with Crippen molar-refractivity contribution in [3.63, 3.8) is 0 Å². The van der Waals surface area contributed by atoms with Crippen molar-refractivity contribution in [1.82, 2.24) is 16.0 Å². The van der Waals surface area contributed by atoms with Gasteiger partial charge in [0.2, 0.25) is 11.8 Å². The molecule has 0 spiro atoms. The number of hydrogen-bond acceptors (Lipinski definition) is 3. The smallest absolute Gasteiger partial charge is 0.237 e. The third kappa shape index (κ3) is 3.72. The minimum atomic E-state index is -0.0415. The van der Waals surface area contributed by atoms with Crippen molar-refractivity contribution in [3.05, 3.63) is 0 Å². The molecular weight excluding hydrogens is 254 g/mol. The Morgan fingerprint density at radius 2 is 2.15 bits per heavy atom. The van der Waals surface area contributed by atoms with Gasteiger partial charge in [-0.3, -0.25) is 9.59 Å². The van der Waals surface area contributed by atoms with Gasteiger partial charge < -0.3 is 16.0 Å². The van der Waals surface area contributed by atoms with Gasteiger partial charge in [-0.05, 0) is 44.6 Å². The third-order valence-corrected chi connectivity index (χ3v) is 4.70. The maximum atomic E-state index is 12.1. The second kappa shape index (κ2) is 7.07. The topological polar surface area (TPSA) is 70.2 Å².